The second-order valence-corrected chi connectivity index (χ2v) is 7.04. The van der Waals surface area contributed by atoms with Gasteiger partial charge in [0, 0.05) is 0 Å². The molecule has 0 aliphatic heterocycles. The Balaban J connectivity index is 2.94. The highest BCUT2D eigenvalue weighted by molar-refractivity contribution is 7.84. The van der Waals surface area contributed by atoms with Crippen molar-refractivity contribution < 1.29 is 18.8 Å². The predicted molar refractivity (Wildman–Crippen MR) is 74.4 cm³/mol. The summed E-state index contributed by atoms with van der Waals surface area (Å²) in [6.45, 7) is 5.34. The fourth-order valence-corrected chi connectivity index (χ4v) is 2.15. The lowest BCUT2D eigenvalue weighted by atomic mass is 10.1. The van der Waals surface area contributed by atoms with Crippen LogP contribution in [-0.2, 0) is 15.8 Å². The summed E-state index contributed by atoms with van der Waals surface area (Å²) in [5.74, 6) is -0.424. The van der Waals surface area contributed by atoms with E-state index in [0.717, 1.165) is 0 Å². The van der Waals surface area contributed by atoms with Crippen LogP contribution in [0.2, 0.25) is 0 Å². The summed E-state index contributed by atoms with van der Waals surface area (Å²) < 4.78 is 19.1. The largest absolute Gasteiger partial charge is 0.497 e. The van der Waals surface area contributed by atoms with Gasteiger partial charge in [-0.2, -0.15) is 0 Å². The van der Waals surface area contributed by atoms with Crippen LogP contribution in [0.25, 0.3) is 0 Å². The van der Waals surface area contributed by atoms with Crippen molar-refractivity contribution >= 4 is 17.0 Å². The molecular weight excluding hydrogens is 266 g/mol. The van der Waals surface area contributed by atoms with E-state index in [4.69, 9.17) is 4.74 Å². The van der Waals surface area contributed by atoms with Gasteiger partial charge in [-0.3, -0.25) is 4.79 Å². The molecular formula is C13H19NO4S. The van der Waals surface area contributed by atoms with Gasteiger partial charge >= 0.3 is 5.97 Å². The molecule has 0 radical (unpaired) electrons. The van der Waals surface area contributed by atoms with E-state index < -0.39 is 27.7 Å². The Morgan fingerprint density at radius 2 is 1.84 bits per heavy atom. The Hall–Kier alpha value is -1.40. The minimum atomic E-state index is -1.46. The molecule has 0 amide bonds. The van der Waals surface area contributed by atoms with Crippen LogP contribution in [0.1, 0.15) is 32.4 Å². The van der Waals surface area contributed by atoms with Gasteiger partial charge in [-0.05, 0) is 38.5 Å². The van der Waals surface area contributed by atoms with Gasteiger partial charge in [0.1, 0.15) is 11.8 Å². The van der Waals surface area contributed by atoms with E-state index in [-0.39, 0.29) is 0 Å². The molecule has 0 fully saturated rings. The second kappa shape index (κ2) is 6.16. The van der Waals surface area contributed by atoms with Crippen molar-refractivity contribution in [3.05, 3.63) is 29.8 Å². The number of rotatable bonds is 5. The number of ether oxygens (including phenoxy) is 1. The van der Waals surface area contributed by atoms with Crippen molar-refractivity contribution in [1.29, 1.82) is 0 Å². The summed E-state index contributed by atoms with van der Waals surface area (Å²) >= 11 is 0. The van der Waals surface area contributed by atoms with E-state index in [1.54, 1.807) is 45.0 Å². The SMILES string of the molecule is COc1ccc(C(NS(=O)C(C)(C)C)C(=O)O)cc1. The van der Waals surface area contributed by atoms with Crippen molar-refractivity contribution in [1.82, 2.24) is 4.72 Å². The average molecular weight is 285 g/mol. The van der Waals surface area contributed by atoms with E-state index in [2.05, 4.69) is 4.72 Å². The van der Waals surface area contributed by atoms with Gasteiger partial charge in [0.2, 0.25) is 0 Å². The van der Waals surface area contributed by atoms with Crippen molar-refractivity contribution in [3.8, 4) is 5.75 Å². The molecule has 0 saturated carbocycles. The first kappa shape index (κ1) is 15.7. The number of benzene rings is 1. The van der Waals surface area contributed by atoms with Crippen molar-refractivity contribution in [3.63, 3.8) is 0 Å². The van der Waals surface area contributed by atoms with Crippen molar-refractivity contribution in [2.75, 3.05) is 7.11 Å². The number of hydrogen-bond donors (Lipinski definition) is 2. The lowest BCUT2D eigenvalue weighted by molar-refractivity contribution is -0.139. The molecule has 0 aromatic heterocycles. The molecule has 0 heterocycles. The molecule has 0 saturated heterocycles. The number of methoxy groups -OCH3 is 1. The van der Waals surface area contributed by atoms with E-state index >= 15 is 0 Å². The van der Waals surface area contributed by atoms with Crippen molar-refractivity contribution in [2.45, 2.75) is 31.6 Å². The standard InChI is InChI=1S/C13H19NO4S/c1-13(2,3)19(17)14-11(12(15)16)9-5-7-10(18-4)8-6-9/h5-8,11,14H,1-4H3,(H,15,16). The van der Waals surface area contributed by atoms with Gasteiger partial charge in [-0.15, -0.1) is 0 Å². The maximum atomic E-state index is 12.0. The van der Waals surface area contributed by atoms with Gasteiger partial charge in [0.25, 0.3) is 0 Å². The van der Waals surface area contributed by atoms with Crippen LogP contribution < -0.4 is 9.46 Å². The zero-order chi connectivity index (χ0) is 14.6. The van der Waals surface area contributed by atoms with E-state index in [0.29, 0.717) is 11.3 Å². The lowest BCUT2D eigenvalue weighted by Gasteiger charge is -2.22. The molecule has 0 spiro atoms. The number of hydrogen-bond acceptors (Lipinski definition) is 3. The predicted octanol–water partition coefficient (Wildman–Crippen LogP) is 1.87. The maximum absolute atomic E-state index is 12.0. The smallest absolute Gasteiger partial charge is 0.326 e. The number of aliphatic carboxylic acids is 1. The van der Waals surface area contributed by atoms with Crippen molar-refractivity contribution in [2.24, 2.45) is 0 Å². The highest BCUT2D eigenvalue weighted by Gasteiger charge is 2.27. The van der Waals surface area contributed by atoms with Gasteiger partial charge < -0.3 is 9.84 Å². The Bertz CT molecular complexity index is 465. The Morgan fingerprint density at radius 3 is 2.21 bits per heavy atom. The van der Waals surface area contributed by atoms with Crippen LogP contribution in [0, 0.1) is 0 Å². The molecule has 1 rings (SSSR count). The molecule has 1 aromatic carbocycles. The number of carboxylic acid groups (broad SMARTS) is 1. The molecule has 19 heavy (non-hydrogen) atoms. The highest BCUT2D eigenvalue weighted by atomic mass is 32.2. The summed E-state index contributed by atoms with van der Waals surface area (Å²) in [5.41, 5.74) is 0.533. The highest BCUT2D eigenvalue weighted by Crippen LogP contribution is 2.20. The number of nitrogens with one attached hydrogen (secondary N) is 1. The summed E-state index contributed by atoms with van der Waals surface area (Å²) in [7, 11) is 0.0806. The molecule has 2 atom stereocenters. The van der Waals surface area contributed by atoms with E-state index in [1.165, 1.54) is 7.11 Å². The normalized spacial score (nSPS) is 14.7. The zero-order valence-corrected chi connectivity index (χ0v) is 12.3. The zero-order valence-electron chi connectivity index (χ0n) is 11.5. The summed E-state index contributed by atoms with van der Waals surface area (Å²) in [6, 6.07) is 5.63. The van der Waals surface area contributed by atoms with Gasteiger partial charge in [-0.25, -0.2) is 8.93 Å². The Morgan fingerprint density at radius 1 is 1.32 bits per heavy atom. The first-order chi connectivity index (χ1) is 8.75. The third-order valence-electron chi connectivity index (χ3n) is 2.48. The quantitative estimate of drug-likeness (QED) is 0.866. The maximum Gasteiger partial charge on any atom is 0.326 e. The first-order valence-electron chi connectivity index (χ1n) is 5.80. The van der Waals surface area contributed by atoms with E-state index in [9.17, 15) is 14.1 Å². The molecule has 1 aromatic rings. The minimum absolute atomic E-state index is 0.528. The summed E-state index contributed by atoms with van der Waals surface area (Å²) in [5, 5.41) is 9.24. The number of carbonyl (C=O) groups is 1. The van der Waals surface area contributed by atoms with Crippen LogP contribution in [0.3, 0.4) is 0 Å². The minimum Gasteiger partial charge on any atom is -0.497 e. The third-order valence-corrected chi connectivity index (χ3v) is 4.04. The average Bonchev–Trinajstić information content (AvgIpc) is 2.34. The Kier molecular flexibility index (Phi) is 5.08. The fourth-order valence-electron chi connectivity index (χ4n) is 1.34. The van der Waals surface area contributed by atoms with Crippen LogP contribution in [0.15, 0.2) is 24.3 Å². The first-order valence-corrected chi connectivity index (χ1v) is 6.95. The number of carboxylic acids is 1. The van der Waals surface area contributed by atoms with Crippen LogP contribution in [-0.4, -0.2) is 27.1 Å². The molecule has 6 heteroatoms. The molecule has 0 aliphatic rings. The summed E-state index contributed by atoms with van der Waals surface area (Å²) in [6.07, 6.45) is 0. The lowest BCUT2D eigenvalue weighted by Crippen LogP contribution is -2.38. The molecule has 0 aliphatic carbocycles. The topological polar surface area (TPSA) is 75.6 Å². The van der Waals surface area contributed by atoms with Gasteiger partial charge in [0.05, 0.1) is 22.8 Å². The molecule has 2 unspecified atom stereocenters. The monoisotopic (exact) mass is 285 g/mol. The fraction of sp³-hybridized carbons (Fsp3) is 0.462. The third kappa shape index (κ3) is 4.33. The van der Waals surface area contributed by atoms with Crippen LogP contribution in [0.5, 0.6) is 5.75 Å². The molecule has 5 nitrogen and oxygen atoms in total. The van der Waals surface area contributed by atoms with Crippen LogP contribution in [0.4, 0.5) is 0 Å². The van der Waals surface area contributed by atoms with Crippen LogP contribution >= 0.6 is 0 Å². The molecule has 0 bridgehead atoms. The molecule has 2 N–H and O–H groups in total. The second-order valence-electron chi connectivity index (χ2n) is 5.04. The summed E-state index contributed by atoms with van der Waals surface area (Å²) in [4.78, 5) is 11.3. The molecule has 106 valence electrons. The van der Waals surface area contributed by atoms with Gasteiger partial charge in [0.15, 0.2) is 0 Å². The Labute approximate surface area is 115 Å². The van der Waals surface area contributed by atoms with E-state index in [1.807, 2.05) is 0 Å². The van der Waals surface area contributed by atoms with Gasteiger partial charge in [-0.1, -0.05) is 12.1 Å².